The smallest absolute Gasteiger partial charge is 0 e. The molecule has 0 bridgehead atoms. The van der Waals surface area contributed by atoms with Crippen molar-refractivity contribution < 1.29 is 53.9 Å². The van der Waals surface area contributed by atoms with Crippen LogP contribution in [0, 0.1) is 0 Å². The molecule has 28 heavy (non-hydrogen) atoms. The average molecular weight is 487 g/mol. The SMILES string of the molecule is C.C.C.C.C.C.C.C.C.C.C.C.C.CC.CC.CC.O.O.O.O.O=[C-]OO.[Mn]. The summed E-state index contributed by atoms with van der Waals surface area (Å²) in [5, 5.41) is 6.95. The van der Waals surface area contributed by atoms with E-state index in [9.17, 15) is 0 Å². The van der Waals surface area contributed by atoms with Crippen LogP contribution < -0.4 is 0 Å². The van der Waals surface area contributed by atoms with Gasteiger partial charge in [0.1, 0.15) is 0 Å². The van der Waals surface area contributed by atoms with Gasteiger partial charge < -0.3 is 31.6 Å². The fourth-order valence-electron chi connectivity index (χ4n) is 0. The maximum atomic E-state index is 8.58. The van der Waals surface area contributed by atoms with E-state index in [-0.39, 0.29) is 136 Å². The molecule has 0 aromatic carbocycles. The monoisotopic (exact) mass is 487 g/mol. The molecule has 0 aliphatic carbocycles. The number of hydrogen-bond donors (Lipinski definition) is 1. The van der Waals surface area contributed by atoms with Gasteiger partial charge in [0.25, 0.3) is 0 Å². The van der Waals surface area contributed by atoms with Crippen LogP contribution in [0.3, 0.4) is 0 Å². The van der Waals surface area contributed by atoms with Crippen LogP contribution in [0.4, 0.5) is 0 Å². The second kappa shape index (κ2) is 5560. The topological polar surface area (TPSA) is 173 Å². The Hall–Kier alpha value is -0.211. The van der Waals surface area contributed by atoms with Crippen molar-refractivity contribution in [1.29, 1.82) is 0 Å². The van der Waals surface area contributed by atoms with Crippen molar-refractivity contribution in [3.63, 3.8) is 0 Å². The summed E-state index contributed by atoms with van der Waals surface area (Å²) in [6.07, 6.45) is 0. The first-order valence-electron chi connectivity index (χ1n) is 3.59. The second-order valence-corrected chi connectivity index (χ2v) is 0.175. The van der Waals surface area contributed by atoms with Gasteiger partial charge in [0.05, 0.1) is 0 Å². The maximum absolute atomic E-state index is 8.58. The Morgan fingerprint density at radius 1 is 0.464 bits per heavy atom. The molecule has 1 radical (unpaired) electrons. The molecule has 0 aliphatic rings. The van der Waals surface area contributed by atoms with Crippen molar-refractivity contribution in [2.45, 2.75) is 138 Å². The minimum Gasteiger partial charge on any atom is -0.509 e. The molecule has 9 N–H and O–H groups in total. The minimum absolute atomic E-state index is 0. The molecule has 0 unspecified atom stereocenters. The summed E-state index contributed by atoms with van der Waals surface area (Å²) in [6, 6.07) is 0. The summed E-state index contributed by atoms with van der Waals surface area (Å²) >= 11 is 0. The molecule has 209 valence electrons. The van der Waals surface area contributed by atoms with E-state index in [0.717, 1.165) is 6.47 Å². The molecular weight excluding hydrogens is 407 g/mol. The fraction of sp³-hybridized carbons (Fsp3) is 0.950. The number of hydrogen-bond acceptors (Lipinski definition) is 3. The second-order valence-electron chi connectivity index (χ2n) is 0.175. The van der Waals surface area contributed by atoms with Crippen LogP contribution in [0.15, 0.2) is 0 Å². The van der Waals surface area contributed by atoms with Crippen LogP contribution in [0.5, 0.6) is 0 Å². The predicted octanol–water partition coefficient (Wildman–Crippen LogP) is 7.59. The van der Waals surface area contributed by atoms with Gasteiger partial charge in [-0.3, -0.25) is 0 Å². The molecule has 0 aromatic heterocycles. The van der Waals surface area contributed by atoms with E-state index >= 15 is 0 Å². The third-order valence-electron chi connectivity index (χ3n) is 0.0373. The Bertz CT molecular complexity index is 42.5. The quantitative estimate of drug-likeness (QED) is 0.174. The summed E-state index contributed by atoms with van der Waals surface area (Å²) < 4.78 is 0. The van der Waals surface area contributed by atoms with E-state index in [1.54, 1.807) is 0 Å². The van der Waals surface area contributed by atoms with Gasteiger partial charge in [-0.15, -0.1) is 0 Å². The molecule has 0 saturated heterocycles. The van der Waals surface area contributed by atoms with Crippen molar-refractivity contribution in [3.8, 4) is 0 Å². The largest absolute Gasteiger partial charge is 0.509 e. The molecule has 0 atom stereocenters. The average Bonchev–Trinajstić information content (AvgIpc) is 2.14. The summed E-state index contributed by atoms with van der Waals surface area (Å²) in [7, 11) is 0. The van der Waals surface area contributed by atoms with Crippen LogP contribution >= 0.6 is 0 Å². The van der Waals surface area contributed by atoms with Gasteiger partial charge in [-0.25, -0.2) is 5.26 Å². The van der Waals surface area contributed by atoms with Gasteiger partial charge in [0.2, 0.25) is 0 Å². The molecule has 0 spiro atoms. The summed E-state index contributed by atoms with van der Waals surface area (Å²) in [5.41, 5.74) is 0. The molecule has 0 fully saturated rings. The number of rotatable bonds is 1. The van der Waals surface area contributed by atoms with Crippen LogP contribution in [0.2, 0.25) is 0 Å². The first-order chi connectivity index (χ1) is 4.91. The Morgan fingerprint density at radius 2 is 0.500 bits per heavy atom. The van der Waals surface area contributed by atoms with Gasteiger partial charge in [0.15, 0.2) is 0 Å². The zero-order chi connectivity index (χ0) is 9.41. The molecule has 0 rings (SSSR count). The van der Waals surface area contributed by atoms with Crippen LogP contribution in [0.25, 0.3) is 0 Å². The molecule has 8 heteroatoms. The van der Waals surface area contributed by atoms with Crippen LogP contribution in [0.1, 0.15) is 138 Å². The molecule has 0 saturated carbocycles. The van der Waals surface area contributed by atoms with Crippen molar-refractivity contribution in [2.24, 2.45) is 0 Å². The molecule has 0 amide bonds. The van der Waals surface area contributed by atoms with Crippen LogP contribution in [-0.4, -0.2) is 33.6 Å². The molecule has 0 aliphatic heterocycles. The third kappa shape index (κ3) is 25400. The molecule has 0 aromatic rings. The minimum atomic E-state index is 0. The zero-order valence-electron chi connectivity index (χ0n) is 10.1. The maximum Gasteiger partial charge on any atom is 0 e. The number of carbonyl (C=O) groups excluding carboxylic acids is 1. The Balaban J connectivity index is -0.000000000721. The van der Waals surface area contributed by atoms with E-state index in [0.29, 0.717) is 0 Å². The summed E-state index contributed by atoms with van der Waals surface area (Å²) in [4.78, 5) is 11.3. The molecule has 0 heterocycles. The van der Waals surface area contributed by atoms with E-state index in [1.165, 1.54) is 0 Å². The van der Waals surface area contributed by atoms with E-state index < -0.39 is 0 Å². The standard InChI is InChI=1S/3C2H6.CHO3.13CH4.Mn.4H2O/c3*1-2;2-1-4-3;;;;;;;;;;;;;;;;;;/h3*1-2H3;3H;13*1H4;;4*1H2/q;;;-1;;;;;;;;;;;;;;;;;;. The van der Waals surface area contributed by atoms with Gasteiger partial charge in [-0.05, 0) is 6.47 Å². The predicted molar refractivity (Wildman–Crippen MR) is 145 cm³/mol. The first kappa shape index (κ1) is 595. The Kier molecular flexibility index (Phi) is 118000. The van der Waals surface area contributed by atoms with Gasteiger partial charge in [-0.1, -0.05) is 138 Å². The molecular formula is C20H79MnO7-. The normalized spacial score (nSPS) is 1.39. The summed E-state index contributed by atoms with van der Waals surface area (Å²) in [5.74, 6) is 0. The van der Waals surface area contributed by atoms with Crippen molar-refractivity contribution in [1.82, 2.24) is 0 Å². The Morgan fingerprint density at radius 3 is 0.500 bits per heavy atom. The fourth-order valence-corrected chi connectivity index (χ4v) is 0. The molecule has 7 nitrogen and oxygen atoms in total. The van der Waals surface area contributed by atoms with E-state index in [4.69, 9.17) is 10.1 Å². The van der Waals surface area contributed by atoms with Gasteiger partial charge in [0, 0.05) is 17.1 Å². The van der Waals surface area contributed by atoms with Crippen molar-refractivity contribution in [3.05, 3.63) is 0 Å². The van der Waals surface area contributed by atoms with Gasteiger partial charge >= 0.3 is 0 Å². The summed E-state index contributed by atoms with van der Waals surface area (Å²) in [6.45, 7) is 12.7. The van der Waals surface area contributed by atoms with Crippen LogP contribution in [-0.2, 0) is 26.8 Å². The van der Waals surface area contributed by atoms with Gasteiger partial charge in [-0.2, -0.15) is 0 Å². The van der Waals surface area contributed by atoms with Crippen molar-refractivity contribution in [2.75, 3.05) is 0 Å². The third-order valence-corrected chi connectivity index (χ3v) is 0.0373. The van der Waals surface area contributed by atoms with E-state index in [2.05, 4.69) is 4.89 Å². The first-order valence-corrected chi connectivity index (χ1v) is 3.59. The van der Waals surface area contributed by atoms with E-state index in [1.807, 2.05) is 41.5 Å². The van der Waals surface area contributed by atoms with Crippen molar-refractivity contribution >= 4 is 6.47 Å². The zero-order valence-corrected chi connectivity index (χ0v) is 11.3. The Labute approximate surface area is 198 Å².